The normalized spacial score (nSPS) is 14.4. The summed E-state index contributed by atoms with van der Waals surface area (Å²) in [6.45, 7) is 2.21. The maximum atomic E-state index is 12.2. The number of esters is 1. The van der Waals surface area contributed by atoms with E-state index in [4.69, 9.17) is 9.57 Å². The van der Waals surface area contributed by atoms with Crippen molar-refractivity contribution in [1.82, 2.24) is 10.4 Å². The van der Waals surface area contributed by atoms with E-state index in [2.05, 4.69) is 12.2 Å². The molecule has 0 aromatic heterocycles. The quantitative estimate of drug-likeness (QED) is 0.203. The number of carbonyl (C=O) groups excluding carboxylic acids is 5. The molecule has 0 saturated carbocycles. The third-order valence-electron chi connectivity index (χ3n) is 5.42. The number of nitrogens with one attached hydrogen (secondary N) is 1. The molecule has 182 valence electrons. The molecule has 1 rings (SSSR count). The monoisotopic (exact) mass is 454 g/mol. The Balaban J connectivity index is 2.23. The summed E-state index contributed by atoms with van der Waals surface area (Å²) >= 11 is 0. The molecule has 1 atom stereocenters. The highest BCUT2D eigenvalue weighted by Crippen LogP contribution is 2.14. The molecule has 9 heteroatoms. The van der Waals surface area contributed by atoms with Crippen LogP contribution in [0.15, 0.2) is 0 Å². The lowest BCUT2D eigenvalue weighted by Crippen LogP contribution is -2.41. The van der Waals surface area contributed by atoms with E-state index in [0.29, 0.717) is 11.5 Å². The van der Waals surface area contributed by atoms with Crippen LogP contribution in [0.25, 0.3) is 0 Å². The number of imide groups is 1. The lowest BCUT2D eigenvalue weighted by Gasteiger charge is -2.17. The van der Waals surface area contributed by atoms with Crippen LogP contribution in [-0.2, 0) is 33.5 Å². The Bertz CT molecular complexity index is 620. The van der Waals surface area contributed by atoms with Gasteiger partial charge in [-0.15, -0.1) is 5.06 Å². The molecule has 1 N–H and O–H groups in total. The summed E-state index contributed by atoms with van der Waals surface area (Å²) < 4.78 is 4.77. The molecule has 1 unspecified atom stereocenters. The fourth-order valence-corrected chi connectivity index (χ4v) is 3.51. The van der Waals surface area contributed by atoms with Crippen LogP contribution in [0.4, 0.5) is 0 Å². The predicted molar refractivity (Wildman–Crippen MR) is 117 cm³/mol. The van der Waals surface area contributed by atoms with Crippen LogP contribution in [0, 0.1) is 0 Å². The van der Waals surface area contributed by atoms with Crippen LogP contribution >= 0.6 is 0 Å². The summed E-state index contributed by atoms with van der Waals surface area (Å²) in [6.07, 6.45) is 11.6. The van der Waals surface area contributed by atoms with Crippen LogP contribution in [0.2, 0.25) is 0 Å². The summed E-state index contributed by atoms with van der Waals surface area (Å²) in [6, 6.07) is -0.765. The van der Waals surface area contributed by atoms with Crippen LogP contribution < -0.4 is 5.32 Å². The van der Waals surface area contributed by atoms with Crippen molar-refractivity contribution in [2.24, 2.45) is 0 Å². The van der Waals surface area contributed by atoms with Gasteiger partial charge in [0, 0.05) is 19.3 Å². The molecule has 1 heterocycles. The van der Waals surface area contributed by atoms with Gasteiger partial charge in [0.1, 0.15) is 6.04 Å². The first kappa shape index (κ1) is 27.6. The van der Waals surface area contributed by atoms with Crippen molar-refractivity contribution in [3.05, 3.63) is 0 Å². The number of rotatable bonds is 17. The smallest absolute Gasteiger partial charge is 0.333 e. The van der Waals surface area contributed by atoms with E-state index in [0.717, 1.165) is 19.3 Å². The van der Waals surface area contributed by atoms with E-state index in [1.54, 1.807) is 0 Å². The van der Waals surface area contributed by atoms with Crippen molar-refractivity contribution in [3.63, 3.8) is 0 Å². The fraction of sp³-hybridized carbons (Fsp3) is 0.783. The van der Waals surface area contributed by atoms with Crippen LogP contribution in [0.5, 0.6) is 0 Å². The molecule has 0 spiro atoms. The van der Waals surface area contributed by atoms with Gasteiger partial charge >= 0.3 is 11.9 Å². The van der Waals surface area contributed by atoms with Gasteiger partial charge in [-0.25, -0.2) is 9.59 Å². The van der Waals surface area contributed by atoms with Gasteiger partial charge in [0.05, 0.1) is 13.5 Å². The zero-order valence-electron chi connectivity index (χ0n) is 19.5. The van der Waals surface area contributed by atoms with Crippen molar-refractivity contribution in [2.45, 2.75) is 109 Å². The highest BCUT2D eigenvalue weighted by atomic mass is 16.7. The van der Waals surface area contributed by atoms with Crippen molar-refractivity contribution >= 4 is 29.7 Å². The first-order valence-electron chi connectivity index (χ1n) is 11.8. The van der Waals surface area contributed by atoms with Gasteiger partial charge in [0.25, 0.3) is 11.8 Å². The summed E-state index contributed by atoms with van der Waals surface area (Å²) in [5.74, 6) is -3.02. The zero-order chi connectivity index (χ0) is 23.8. The molecule has 1 aliphatic heterocycles. The topological polar surface area (TPSA) is 119 Å². The van der Waals surface area contributed by atoms with Crippen molar-refractivity contribution in [3.8, 4) is 0 Å². The van der Waals surface area contributed by atoms with E-state index in [1.165, 1.54) is 52.1 Å². The Morgan fingerprint density at radius 3 is 1.94 bits per heavy atom. The Morgan fingerprint density at radius 2 is 1.41 bits per heavy atom. The second-order valence-electron chi connectivity index (χ2n) is 8.16. The predicted octanol–water partition coefficient (Wildman–Crippen LogP) is 3.34. The van der Waals surface area contributed by atoms with Gasteiger partial charge in [-0.1, -0.05) is 71.1 Å². The van der Waals surface area contributed by atoms with Gasteiger partial charge < -0.3 is 14.9 Å². The highest BCUT2D eigenvalue weighted by molar-refractivity contribution is 6.01. The Morgan fingerprint density at radius 1 is 0.875 bits per heavy atom. The molecule has 0 aromatic rings. The maximum absolute atomic E-state index is 12.2. The van der Waals surface area contributed by atoms with E-state index < -0.39 is 35.7 Å². The number of hydrogen-bond donors (Lipinski definition) is 1. The molecule has 3 amide bonds. The first-order valence-corrected chi connectivity index (χ1v) is 11.8. The van der Waals surface area contributed by atoms with Gasteiger partial charge in [-0.3, -0.25) is 14.4 Å². The zero-order valence-corrected chi connectivity index (χ0v) is 19.5. The Labute approximate surface area is 190 Å². The minimum Gasteiger partial charge on any atom is -0.467 e. The largest absolute Gasteiger partial charge is 0.467 e. The van der Waals surface area contributed by atoms with Gasteiger partial charge in [-0.2, -0.15) is 0 Å². The second-order valence-corrected chi connectivity index (χ2v) is 8.16. The Kier molecular flexibility index (Phi) is 14.0. The number of methoxy groups -OCH3 is 1. The number of nitrogens with zero attached hydrogens (tertiary/aromatic N) is 1. The summed E-state index contributed by atoms with van der Waals surface area (Å²) in [4.78, 5) is 63.5. The summed E-state index contributed by atoms with van der Waals surface area (Å²) in [5, 5.41) is 3.04. The molecule has 0 bridgehead atoms. The van der Waals surface area contributed by atoms with E-state index in [-0.39, 0.29) is 25.7 Å². The molecule has 0 aliphatic carbocycles. The standard InChI is InChI=1S/C23H38N2O7/c1-3-4-5-6-7-8-9-10-11-12-13-18(23(30)31-2)24-19(26)14-17-22(29)32-25-20(27)15-16-21(25)28/h18H,3-17H2,1-2H3,(H,24,26). The Hall–Kier alpha value is -2.45. The second kappa shape index (κ2) is 16.2. The van der Waals surface area contributed by atoms with Crippen molar-refractivity contribution in [2.75, 3.05) is 7.11 Å². The molecule has 32 heavy (non-hydrogen) atoms. The summed E-state index contributed by atoms with van der Waals surface area (Å²) in [5.41, 5.74) is 0. The summed E-state index contributed by atoms with van der Waals surface area (Å²) in [7, 11) is 1.27. The molecule has 1 aliphatic rings. The fourth-order valence-electron chi connectivity index (χ4n) is 3.51. The molecule has 9 nitrogen and oxygen atoms in total. The SMILES string of the molecule is CCCCCCCCCCCCC(NC(=O)CCC(=O)ON1C(=O)CCC1=O)C(=O)OC. The molecule has 1 saturated heterocycles. The molecule has 0 aromatic carbocycles. The highest BCUT2D eigenvalue weighted by Gasteiger charge is 2.33. The van der Waals surface area contributed by atoms with Gasteiger partial charge in [0.15, 0.2) is 0 Å². The molecular formula is C23H38N2O7. The minimum absolute atomic E-state index is 0.00632. The number of carbonyl (C=O) groups is 5. The number of amides is 3. The molecule has 0 radical (unpaired) electrons. The number of hydroxylamine groups is 2. The molecular weight excluding hydrogens is 416 g/mol. The van der Waals surface area contributed by atoms with E-state index in [1.807, 2.05) is 0 Å². The average molecular weight is 455 g/mol. The maximum Gasteiger partial charge on any atom is 0.333 e. The number of unbranched alkanes of at least 4 members (excludes halogenated alkanes) is 9. The van der Waals surface area contributed by atoms with Gasteiger partial charge in [-0.05, 0) is 6.42 Å². The third-order valence-corrected chi connectivity index (χ3v) is 5.42. The van der Waals surface area contributed by atoms with Crippen LogP contribution in [-0.4, -0.2) is 47.9 Å². The number of hydrogen-bond acceptors (Lipinski definition) is 7. The number of ether oxygens (including phenoxy) is 1. The van der Waals surface area contributed by atoms with Crippen molar-refractivity contribution < 1.29 is 33.5 Å². The van der Waals surface area contributed by atoms with Crippen LogP contribution in [0.1, 0.15) is 103 Å². The van der Waals surface area contributed by atoms with E-state index >= 15 is 0 Å². The lowest BCUT2D eigenvalue weighted by molar-refractivity contribution is -0.197. The van der Waals surface area contributed by atoms with Gasteiger partial charge in [0.2, 0.25) is 5.91 Å². The minimum atomic E-state index is -0.854. The van der Waals surface area contributed by atoms with E-state index in [9.17, 15) is 24.0 Å². The average Bonchev–Trinajstić information content (AvgIpc) is 3.09. The van der Waals surface area contributed by atoms with Crippen LogP contribution in [0.3, 0.4) is 0 Å². The first-order chi connectivity index (χ1) is 15.4. The van der Waals surface area contributed by atoms with Crippen molar-refractivity contribution in [1.29, 1.82) is 0 Å². The third kappa shape index (κ3) is 11.2. The molecule has 1 fully saturated rings. The lowest BCUT2D eigenvalue weighted by atomic mass is 10.0.